The Labute approximate surface area is 239 Å². The third-order valence-corrected chi connectivity index (χ3v) is 6.84. The second kappa shape index (κ2) is 10.7. The lowest BCUT2D eigenvalue weighted by molar-refractivity contribution is 0.0816. The molecule has 2 heterocycles. The van der Waals surface area contributed by atoms with Gasteiger partial charge in [-0.3, -0.25) is 19.2 Å². The van der Waals surface area contributed by atoms with E-state index in [1.54, 1.807) is 36.4 Å². The smallest absolute Gasteiger partial charge is 0.233 e. The summed E-state index contributed by atoms with van der Waals surface area (Å²) in [6.45, 7) is -0.0330. The van der Waals surface area contributed by atoms with E-state index in [1.165, 1.54) is 50.6 Å². The summed E-state index contributed by atoms with van der Waals surface area (Å²) in [5.74, 6) is -1.05. The third kappa shape index (κ3) is 4.68. The fourth-order valence-corrected chi connectivity index (χ4v) is 4.73. The van der Waals surface area contributed by atoms with Crippen molar-refractivity contribution in [1.82, 2.24) is 0 Å². The monoisotopic (exact) mass is 566 g/mol. The summed E-state index contributed by atoms with van der Waals surface area (Å²) >= 11 is 0. The molecule has 6 rings (SSSR count). The van der Waals surface area contributed by atoms with Crippen LogP contribution in [0.25, 0.3) is 11.1 Å². The van der Waals surface area contributed by atoms with Crippen LogP contribution >= 0.6 is 0 Å². The van der Waals surface area contributed by atoms with Gasteiger partial charge < -0.3 is 28.4 Å². The number of carbonyl (C=O) groups excluding carboxylic acids is 4. The Hall–Kier alpha value is -5.64. The number of rotatable bonds is 9. The van der Waals surface area contributed by atoms with Crippen molar-refractivity contribution in [3.63, 3.8) is 0 Å². The zero-order chi connectivity index (χ0) is 29.4. The maximum absolute atomic E-state index is 13.2. The van der Waals surface area contributed by atoms with E-state index in [2.05, 4.69) is 0 Å². The van der Waals surface area contributed by atoms with Crippen LogP contribution in [0.1, 0.15) is 41.4 Å². The highest BCUT2D eigenvalue weighted by atomic mass is 16.7. The van der Waals surface area contributed by atoms with Crippen molar-refractivity contribution in [2.75, 3.05) is 27.8 Å². The second-order valence-electron chi connectivity index (χ2n) is 9.30. The number of fused-ring (bicyclic) bond motifs is 2. The lowest BCUT2D eigenvalue weighted by Gasteiger charge is -2.09. The quantitative estimate of drug-likeness (QED) is 0.203. The lowest BCUT2D eigenvalue weighted by atomic mass is 9.94. The van der Waals surface area contributed by atoms with E-state index >= 15 is 0 Å². The van der Waals surface area contributed by atoms with E-state index < -0.39 is 23.1 Å². The van der Waals surface area contributed by atoms with Crippen LogP contribution in [0.15, 0.2) is 72.8 Å². The molecule has 0 amide bonds. The van der Waals surface area contributed by atoms with Gasteiger partial charge in [-0.2, -0.15) is 0 Å². The summed E-state index contributed by atoms with van der Waals surface area (Å²) in [4.78, 5) is 52.6. The van der Waals surface area contributed by atoms with Gasteiger partial charge in [-0.05, 0) is 47.5 Å². The average Bonchev–Trinajstić information content (AvgIpc) is 3.72. The molecule has 10 heteroatoms. The number of ketones is 4. The molecule has 0 spiro atoms. The van der Waals surface area contributed by atoms with Gasteiger partial charge in [0, 0.05) is 22.3 Å². The minimum Gasteiger partial charge on any atom is -0.493 e. The van der Waals surface area contributed by atoms with Gasteiger partial charge in [0.2, 0.25) is 48.2 Å². The van der Waals surface area contributed by atoms with Gasteiger partial charge in [-0.25, -0.2) is 0 Å². The Morgan fingerprint density at radius 3 is 1.33 bits per heavy atom. The third-order valence-electron chi connectivity index (χ3n) is 6.84. The number of Topliss-reactive ketones (excluding diaryl/α,β-unsaturated/α-hetero) is 4. The summed E-state index contributed by atoms with van der Waals surface area (Å²) in [5, 5.41) is 0. The summed E-state index contributed by atoms with van der Waals surface area (Å²) in [6, 6.07) is 18.6. The molecule has 0 saturated heterocycles. The fourth-order valence-electron chi connectivity index (χ4n) is 4.73. The molecule has 0 N–H and O–H groups in total. The molecule has 2 aliphatic rings. The van der Waals surface area contributed by atoms with Gasteiger partial charge in [0.15, 0.2) is 23.0 Å². The summed E-state index contributed by atoms with van der Waals surface area (Å²) in [7, 11) is 2.85. The van der Waals surface area contributed by atoms with Crippen LogP contribution < -0.4 is 28.4 Å². The highest BCUT2D eigenvalue weighted by Gasteiger charge is 2.27. The van der Waals surface area contributed by atoms with Gasteiger partial charge >= 0.3 is 0 Å². The molecule has 0 aliphatic carbocycles. The molecule has 10 nitrogen and oxygen atoms in total. The molecule has 0 fully saturated rings. The maximum Gasteiger partial charge on any atom is 0.233 e. The minimum atomic E-state index is -0.752. The standard InChI is InChI=1S/C32H22O10/c1-37-23-11-21(13-25-31(23)41-15-39-25)29(35)27(33)19-7-3-5-17(9-19)18-6-4-8-20(10-18)28(34)30(36)22-12-24(38-2)32-26(14-22)40-16-42-32/h3-14H,15-16H2,1-2H3. The normalized spacial score (nSPS) is 12.5. The van der Waals surface area contributed by atoms with Crippen molar-refractivity contribution in [1.29, 1.82) is 0 Å². The molecule has 2 aliphatic heterocycles. The number of methoxy groups -OCH3 is 2. The topological polar surface area (TPSA) is 124 Å². The predicted molar refractivity (Wildman–Crippen MR) is 147 cm³/mol. The van der Waals surface area contributed by atoms with Crippen molar-refractivity contribution in [3.05, 3.63) is 95.1 Å². The first kappa shape index (κ1) is 26.6. The maximum atomic E-state index is 13.2. The largest absolute Gasteiger partial charge is 0.493 e. The molecule has 4 aromatic rings. The fraction of sp³-hybridized carbons (Fsp3) is 0.125. The van der Waals surface area contributed by atoms with Crippen molar-refractivity contribution >= 4 is 23.1 Å². The van der Waals surface area contributed by atoms with Crippen LogP contribution in [0.3, 0.4) is 0 Å². The number of carbonyl (C=O) groups is 4. The Morgan fingerprint density at radius 2 is 0.929 bits per heavy atom. The van der Waals surface area contributed by atoms with Gasteiger partial charge in [0.1, 0.15) is 0 Å². The molecule has 210 valence electrons. The molecular weight excluding hydrogens is 544 g/mol. The Morgan fingerprint density at radius 1 is 0.524 bits per heavy atom. The first-order valence-electron chi connectivity index (χ1n) is 12.7. The summed E-state index contributed by atoms with van der Waals surface area (Å²) < 4.78 is 32.0. The zero-order valence-corrected chi connectivity index (χ0v) is 22.4. The molecule has 4 aromatic carbocycles. The van der Waals surface area contributed by atoms with Crippen LogP contribution in [0.4, 0.5) is 0 Å². The van der Waals surface area contributed by atoms with Crippen LogP contribution in [-0.4, -0.2) is 50.9 Å². The Bertz CT molecular complexity index is 1660. The summed E-state index contributed by atoms with van der Waals surface area (Å²) in [6.07, 6.45) is 0. The van der Waals surface area contributed by atoms with Gasteiger partial charge in [0.25, 0.3) is 0 Å². The summed E-state index contributed by atoms with van der Waals surface area (Å²) in [5.41, 5.74) is 1.63. The van der Waals surface area contributed by atoms with Crippen molar-refractivity contribution in [3.8, 4) is 45.6 Å². The molecule has 42 heavy (non-hydrogen) atoms. The van der Waals surface area contributed by atoms with Gasteiger partial charge in [-0.1, -0.05) is 36.4 Å². The highest BCUT2D eigenvalue weighted by molar-refractivity contribution is 6.50. The molecule has 0 radical (unpaired) electrons. The van der Waals surface area contributed by atoms with Crippen molar-refractivity contribution in [2.24, 2.45) is 0 Å². The van der Waals surface area contributed by atoms with Crippen molar-refractivity contribution in [2.45, 2.75) is 0 Å². The number of hydrogen-bond acceptors (Lipinski definition) is 10. The van der Waals surface area contributed by atoms with Gasteiger partial charge in [-0.15, -0.1) is 0 Å². The Kier molecular flexibility index (Phi) is 6.79. The zero-order valence-electron chi connectivity index (χ0n) is 22.4. The molecular formula is C32H22O10. The first-order chi connectivity index (χ1) is 20.4. The SMILES string of the molecule is COc1cc(C(=O)C(=O)c2cccc(-c3cccc(C(=O)C(=O)c4cc(OC)c5c(c4)OCO5)c3)c2)cc2c1OCO2. The van der Waals surface area contributed by atoms with E-state index in [1.807, 2.05) is 0 Å². The van der Waals surface area contributed by atoms with E-state index in [0.717, 1.165) is 0 Å². The average molecular weight is 567 g/mol. The van der Waals surface area contributed by atoms with Gasteiger partial charge in [0.05, 0.1) is 14.2 Å². The number of hydrogen-bond donors (Lipinski definition) is 0. The number of benzene rings is 4. The van der Waals surface area contributed by atoms with Crippen LogP contribution in [0.5, 0.6) is 34.5 Å². The van der Waals surface area contributed by atoms with Crippen LogP contribution in [-0.2, 0) is 0 Å². The predicted octanol–water partition coefficient (Wildman–Crippen LogP) is 4.96. The molecule has 0 bridgehead atoms. The minimum absolute atomic E-state index is 0.0165. The van der Waals surface area contributed by atoms with E-state index in [4.69, 9.17) is 28.4 Å². The van der Waals surface area contributed by atoms with Crippen LogP contribution in [0, 0.1) is 0 Å². The molecule has 0 aromatic heterocycles. The first-order valence-corrected chi connectivity index (χ1v) is 12.7. The number of ether oxygens (including phenoxy) is 6. The lowest BCUT2D eigenvalue weighted by Crippen LogP contribution is -2.15. The molecule has 0 saturated carbocycles. The van der Waals surface area contributed by atoms with E-state index in [0.29, 0.717) is 34.1 Å². The Balaban J connectivity index is 1.25. The highest BCUT2D eigenvalue weighted by Crippen LogP contribution is 2.43. The van der Waals surface area contributed by atoms with E-state index in [-0.39, 0.29) is 47.3 Å². The van der Waals surface area contributed by atoms with E-state index in [9.17, 15) is 19.2 Å². The van der Waals surface area contributed by atoms with Crippen molar-refractivity contribution < 1.29 is 47.6 Å². The molecule has 0 unspecified atom stereocenters. The molecule has 0 atom stereocenters. The second-order valence-corrected chi connectivity index (χ2v) is 9.30. The van der Waals surface area contributed by atoms with Crippen LogP contribution in [0.2, 0.25) is 0 Å².